The van der Waals surface area contributed by atoms with Crippen molar-refractivity contribution in [1.29, 1.82) is 0 Å². The van der Waals surface area contributed by atoms with E-state index in [-0.39, 0.29) is 0 Å². The molecule has 0 bridgehead atoms. The third-order valence-electron chi connectivity index (χ3n) is 2.27. The van der Waals surface area contributed by atoms with E-state index < -0.39 is 0 Å². The highest BCUT2D eigenvalue weighted by Crippen LogP contribution is 2.13. The fraction of sp³-hybridized carbons (Fsp3) is 0.167. The predicted molar refractivity (Wildman–Crippen MR) is 64.9 cm³/mol. The molecule has 2 aromatic rings. The highest BCUT2D eigenvalue weighted by Gasteiger charge is 2.01. The van der Waals surface area contributed by atoms with Crippen molar-refractivity contribution in [2.45, 2.75) is 6.42 Å². The van der Waals surface area contributed by atoms with Gasteiger partial charge in [-0.05, 0) is 24.3 Å². The van der Waals surface area contributed by atoms with Gasteiger partial charge in [0.15, 0.2) is 0 Å². The van der Waals surface area contributed by atoms with Gasteiger partial charge in [0.1, 0.15) is 11.0 Å². The molecular formula is C12H14N4. The second kappa shape index (κ2) is 5.11. The molecule has 0 radical (unpaired) electrons. The van der Waals surface area contributed by atoms with Crippen LogP contribution in [-0.4, -0.2) is 22.0 Å². The molecule has 0 unspecified atom stereocenters. The summed E-state index contributed by atoms with van der Waals surface area (Å²) in [6.07, 6.45) is 6.66. The molecule has 1 aromatic heterocycles. The Morgan fingerprint density at radius 3 is 3.19 bits per heavy atom. The van der Waals surface area contributed by atoms with Crippen LogP contribution in [0.25, 0.3) is 11.0 Å². The van der Waals surface area contributed by atoms with Crippen LogP contribution in [0.5, 0.6) is 0 Å². The van der Waals surface area contributed by atoms with Gasteiger partial charge < -0.3 is 5.32 Å². The first-order valence-electron chi connectivity index (χ1n) is 5.19. The molecule has 16 heavy (non-hydrogen) atoms. The summed E-state index contributed by atoms with van der Waals surface area (Å²) < 4.78 is 0. The first-order valence-corrected chi connectivity index (χ1v) is 5.19. The lowest BCUT2D eigenvalue weighted by molar-refractivity contribution is 0.956. The van der Waals surface area contributed by atoms with Crippen molar-refractivity contribution in [3.05, 3.63) is 48.7 Å². The minimum atomic E-state index is 0.782. The van der Waals surface area contributed by atoms with Crippen molar-refractivity contribution >= 4 is 11.0 Å². The summed E-state index contributed by atoms with van der Waals surface area (Å²) in [6, 6.07) is 6.00. The van der Waals surface area contributed by atoms with Crippen LogP contribution < -0.4 is 5.32 Å². The average Bonchev–Trinajstić information content (AvgIpc) is 2.77. The zero-order valence-electron chi connectivity index (χ0n) is 8.98. The van der Waals surface area contributed by atoms with Crippen LogP contribution in [0.1, 0.15) is 5.56 Å². The molecule has 1 aromatic carbocycles. The fourth-order valence-corrected chi connectivity index (χ4v) is 1.51. The summed E-state index contributed by atoms with van der Waals surface area (Å²) in [4.78, 5) is 0. The van der Waals surface area contributed by atoms with Gasteiger partial charge in [-0.1, -0.05) is 24.3 Å². The van der Waals surface area contributed by atoms with Gasteiger partial charge in [-0.2, -0.15) is 15.4 Å². The first-order chi connectivity index (χ1) is 7.92. The van der Waals surface area contributed by atoms with Crippen LogP contribution >= 0.6 is 0 Å². The molecule has 82 valence electrons. The molecule has 0 aliphatic heterocycles. The van der Waals surface area contributed by atoms with Crippen molar-refractivity contribution in [3.63, 3.8) is 0 Å². The maximum Gasteiger partial charge on any atom is 0.116 e. The van der Waals surface area contributed by atoms with Gasteiger partial charge in [0, 0.05) is 6.54 Å². The topological polar surface area (TPSA) is 53.6 Å². The molecule has 0 atom stereocenters. The van der Waals surface area contributed by atoms with Crippen molar-refractivity contribution in [3.8, 4) is 0 Å². The number of fused-ring (bicyclic) bond motifs is 1. The maximum absolute atomic E-state index is 4.13. The minimum absolute atomic E-state index is 0.782. The molecule has 0 fully saturated rings. The van der Waals surface area contributed by atoms with E-state index in [4.69, 9.17) is 0 Å². The number of hydrogen-bond donors (Lipinski definition) is 2. The van der Waals surface area contributed by atoms with Gasteiger partial charge >= 0.3 is 0 Å². The van der Waals surface area contributed by atoms with E-state index in [1.165, 1.54) is 5.56 Å². The zero-order valence-corrected chi connectivity index (χ0v) is 8.98. The van der Waals surface area contributed by atoms with E-state index in [0.717, 1.165) is 24.0 Å². The van der Waals surface area contributed by atoms with Crippen molar-refractivity contribution < 1.29 is 0 Å². The SMILES string of the molecule is C=CCNC=CCc1cccc2n[nH]nc12. The number of aromatic nitrogens is 3. The molecule has 2 rings (SSSR count). The van der Waals surface area contributed by atoms with E-state index in [1.807, 2.05) is 24.4 Å². The van der Waals surface area contributed by atoms with Gasteiger partial charge in [-0.3, -0.25) is 0 Å². The van der Waals surface area contributed by atoms with Crippen LogP contribution in [0, 0.1) is 0 Å². The number of aromatic amines is 1. The Morgan fingerprint density at radius 1 is 1.38 bits per heavy atom. The smallest absolute Gasteiger partial charge is 0.116 e. The Hall–Kier alpha value is -2.10. The number of para-hydroxylation sites is 1. The van der Waals surface area contributed by atoms with E-state index in [9.17, 15) is 0 Å². The van der Waals surface area contributed by atoms with Gasteiger partial charge in [-0.25, -0.2) is 0 Å². The molecule has 0 amide bonds. The summed E-state index contributed by atoms with van der Waals surface area (Å²) in [6.45, 7) is 4.41. The summed E-state index contributed by atoms with van der Waals surface area (Å²) in [5.74, 6) is 0. The number of hydrogen-bond acceptors (Lipinski definition) is 3. The summed E-state index contributed by atoms with van der Waals surface area (Å²) >= 11 is 0. The lowest BCUT2D eigenvalue weighted by Crippen LogP contribution is -2.02. The molecule has 2 N–H and O–H groups in total. The van der Waals surface area contributed by atoms with E-state index >= 15 is 0 Å². The van der Waals surface area contributed by atoms with Crippen LogP contribution in [0.15, 0.2) is 43.1 Å². The second-order valence-electron chi connectivity index (χ2n) is 3.41. The van der Waals surface area contributed by atoms with Crippen molar-refractivity contribution in [2.24, 2.45) is 0 Å². The third kappa shape index (κ3) is 2.28. The fourth-order valence-electron chi connectivity index (χ4n) is 1.51. The number of nitrogens with one attached hydrogen (secondary N) is 2. The molecule has 1 heterocycles. The van der Waals surface area contributed by atoms with Crippen LogP contribution in [0.3, 0.4) is 0 Å². The van der Waals surface area contributed by atoms with E-state index in [1.54, 1.807) is 0 Å². The maximum atomic E-state index is 4.13. The van der Waals surface area contributed by atoms with Crippen LogP contribution in [0.4, 0.5) is 0 Å². The standard InChI is InChI=1S/C12H14N4/c1-2-8-13-9-4-6-10-5-3-7-11-12(10)15-16-14-11/h2-5,7,9,13H,1,6,8H2,(H,14,15,16). The number of rotatable bonds is 5. The summed E-state index contributed by atoms with van der Waals surface area (Å²) in [5.41, 5.74) is 3.02. The normalized spacial score (nSPS) is 11.0. The Balaban J connectivity index is 2.06. The Bertz CT molecular complexity index is 498. The monoisotopic (exact) mass is 214 g/mol. The quantitative estimate of drug-likeness (QED) is 0.589. The lowest BCUT2D eigenvalue weighted by atomic mass is 10.1. The zero-order chi connectivity index (χ0) is 11.2. The summed E-state index contributed by atoms with van der Waals surface area (Å²) in [7, 11) is 0. The van der Waals surface area contributed by atoms with Crippen LogP contribution in [0.2, 0.25) is 0 Å². The number of allylic oxidation sites excluding steroid dienone is 1. The van der Waals surface area contributed by atoms with Gasteiger partial charge in [-0.15, -0.1) is 6.58 Å². The Morgan fingerprint density at radius 2 is 2.31 bits per heavy atom. The first kappa shape index (κ1) is 10.4. The van der Waals surface area contributed by atoms with Gasteiger partial charge in [0.25, 0.3) is 0 Å². The highest BCUT2D eigenvalue weighted by atomic mass is 15.3. The lowest BCUT2D eigenvalue weighted by Gasteiger charge is -1.97. The molecule has 0 saturated carbocycles. The summed E-state index contributed by atoms with van der Waals surface area (Å²) in [5, 5.41) is 13.9. The Labute approximate surface area is 94.1 Å². The molecular weight excluding hydrogens is 200 g/mol. The van der Waals surface area contributed by atoms with E-state index in [0.29, 0.717) is 0 Å². The second-order valence-corrected chi connectivity index (χ2v) is 3.41. The largest absolute Gasteiger partial charge is 0.388 e. The van der Waals surface area contributed by atoms with Crippen molar-refractivity contribution in [1.82, 2.24) is 20.7 Å². The molecule has 0 aliphatic rings. The predicted octanol–water partition coefficient (Wildman–Crippen LogP) is 1.79. The minimum Gasteiger partial charge on any atom is -0.388 e. The number of nitrogens with zero attached hydrogens (tertiary/aromatic N) is 2. The van der Waals surface area contributed by atoms with Crippen LogP contribution in [-0.2, 0) is 6.42 Å². The Kier molecular flexibility index (Phi) is 3.33. The molecule has 4 heteroatoms. The molecule has 0 saturated heterocycles. The van der Waals surface area contributed by atoms with E-state index in [2.05, 4.69) is 39.4 Å². The van der Waals surface area contributed by atoms with Crippen molar-refractivity contribution in [2.75, 3.05) is 6.54 Å². The van der Waals surface area contributed by atoms with Gasteiger partial charge in [0.2, 0.25) is 0 Å². The number of benzene rings is 1. The number of H-pyrrole nitrogens is 1. The average molecular weight is 214 g/mol. The molecule has 0 spiro atoms. The third-order valence-corrected chi connectivity index (χ3v) is 2.27. The highest BCUT2D eigenvalue weighted by molar-refractivity contribution is 5.77. The van der Waals surface area contributed by atoms with Gasteiger partial charge in [0.05, 0.1) is 0 Å². The molecule has 4 nitrogen and oxygen atoms in total. The molecule has 0 aliphatic carbocycles.